The molecule has 0 saturated carbocycles. The molecule has 0 spiro atoms. The highest BCUT2D eigenvalue weighted by atomic mass is 15.4. The van der Waals surface area contributed by atoms with Gasteiger partial charge >= 0.3 is 0 Å². The van der Waals surface area contributed by atoms with E-state index in [4.69, 9.17) is 5.10 Å². The molecule has 4 rings (SSSR count). The first-order chi connectivity index (χ1) is 10.8. The highest BCUT2D eigenvalue weighted by molar-refractivity contribution is 5.41. The van der Waals surface area contributed by atoms with E-state index >= 15 is 0 Å². The Balaban J connectivity index is 1.60. The largest absolute Gasteiger partial charge is 0.296 e. The first kappa shape index (κ1) is 13.9. The number of hydrogen-bond donors (Lipinski definition) is 0. The van der Waals surface area contributed by atoms with Crippen molar-refractivity contribution in [3.63, 3.8) is 0 Å². The smallest absolute Gasteiger partial charge is 0.165 e. The number of aryl methyl sites for hydroxylation is 3. The molecule has 1 aliphatic carbocycles. The molecule has 0 radical (unpaired) electrons. The average molecular weight is 296 g/mol. The number of fused-ring (bicyclic) bond motifs is 1. The molecule has 0 N–H and O–H groups in total. The minimum Gasteiger partial charge on any atom is -0.296 e. The molecule has 1 fully saturated rings. The third-order valence-corrected chi connectivity index (χ3v) is 4.95. The molecular weight excluding hydrogens is 272 g/mol. The van der Waals surface area contributed by atoms with Gasteiger partial charge in [0.2, 0.25) is 0 Å². The van der Waals surface area contributed by atoms with Gasteiger partial charge in [-0.2, -0.15) is 0 Å². The Morgan fingerprint density at radius 1 is 1.00 bits per heavy atom. The predicted molar refractivity (Wildman–Crippen MR) is 87.2 cm³/mol. The molecule has 4 nitrogen and oxygen atoms in total. The van der Waals surface area contributed by atoms with Crippen molar-refractivity contribution in [3.8, 4) is 5.69 Å². The van der Waals surface area contributed by atoms with Crippen LogP contribution in [0.25, 0.3) is 5.69 Å². The molecule has 1 aromatic heterocycles. The standard InChI is InChI=1S/C18H24N4/c1-14-19-18(13-21-10-4-5-11-21)20-22(14)17-9-8-15-6-2-3-7-16(15)12-17/h8-9,12H,2-7,10-11,13H2,1H3. The maximum atomic E-state index is 4.76. The Morgan fingerprint density at radius 3 is 2.59 bits per heavy atom. The lowest BCUT2D eigenvalue weighted by Crippen LogP contribution is -2.19. The normalized spacial score (nSPS) is 18.6. The number of nitrogens with zero attached hydrogens (tertiary/aromatic N) is 4. The second-order valence-corrected chi connectivity index (χ2v) is 6.63. The molecule has 1 aromatic carbocycles. The molecule has 2 aromatic rings. The fourth-order valence-electron chi connectivity index (χ4n) is 3.75. The Morgan fingerprint density at radius 2 is 1.77 bits per heavy atom. The van der Waals surface area contributed by atoms with Gasteiger partial charge in [0.15, 0.2) is 5.82 Å². The molecule has 0 atom stereocenters. The molecule has 0 amide bonds. The van der Waals surface area contributed by atoms with Crippen molar-refractivity contribution in [1.82, 2.24) is 19.7 Å². The first-order valence-electron chi connectivity index (χ1n) is 8.57. The number of hydrogen-bond acceptors (Lipinski definition) is 3. The van der Waals surface area contributed by atoms with E-state index in [0.29, 0.717) is 0 Å². The Bertz CT molecular complexity index is 668. The van der Waals surface area contributed by atoms with Crippen molar-refractivity contribution < 1.29 is 0 Å². The van der Waals surface area contributed by atoms with E-state index < -0.39 is 0 Å². The minimum atomic E-state index is 0.888. The second kappa shape index (κ2) is 5.84. The summed E-state index contributed by atoms with van der Waals surface area (Å²) in [6, 6.07) is 6.80. The zero-order chi connectivity index (χ0) is 14.9. The minimum absolute atomic E-state index is 0.888. The summed E-state index contributed by atoms with van der Waals surface area (Å²) in [5.41, 5.74) is 4.18. The van der Waals surface area contributed by atoms with Gasteiger partial charge < -0.3 is 0 Å². The number of aromatic nitrogens is 3. The van der Waals surface area contributed by atoms with E-state index in [-0.39, 0.29) is 0 Å². The van der Waals surface area contributed by atoms with Crippen LogP contribution in [0, 0.1) is 6.92 Å². The zero-order valence-corrected chi connectivity index (χ0v) is 13.4. The van der Waals surface area contributed by atoms with Gasteiger partial charge in [0.1, 0.15) is 5.82 Å². The second-order valence-electron chi connectivity index (χ2n) is 6.63. The van der Waals surface area contributed by atoms with Crippen LogP contribution in [0.15, 0.2) is 18.2 Å². The highest BCUT2D eigenvalue weighted by Gasteiger charge is 2.16. The van der Waals surface area contributed by atoms with Crippen LogP contribution in [0.3, 0.4) is 0 Å². The summed E-state index contributed by atoms with van der Waals surface area (Å²) in [4.78, 5) is 7.12. The lowest BCUT2D eigenvalue weighted by molar-refractivity contribution is 0.322. The van der Waals surface area contributed by atoms with Crippen molar-refractivity contribution in [3.05, 3.63) is 41.0 Å². The summed E-state index contributed by atoms with van der Waals surface area (Å²) < 4.78 is 2.01. The highest BCUT2D eigenvalue weighted by Crippen LogP contribution is 2.24. The molecule has 116 valence electrons. The maximum Gasteiger partial charge on any atom is 0.165 e. The fraction of sp³-hybridized carbons (Fsp3) is 0.556. The summed E-state index contributed by atoms with van der Waals surface area (Å²) >= 11 is 0. The van der Waals surface area contributed by atoms with Crippen LogP contribution in [0.1, 0.15) is 48.5 Å². The van der Waals surface area contributed by atoms with Crippen molar-refractivity contribution in [2.24, 2.45) is 0 Å². The monoisotopic (exact) mass is 296 g/mol. The molecule has 0 unspecified atom stereocenters. The van der Waals surface area contributed by atoms with Crippen LogP contribution in [-0.4, -0.2) is 32.8 Å². The van der Waals surface area contributed by atoms with Gasteiger partial charge in [-0.3, -0.25) is 4.90 Å². The summed E-state index contributed by atoms with van der Waals surface area (Å²) in [5, 5.41) is 4.76. The molecule has 0 bridgehead atoms. The van der Waals surface area contributed by atoms with Gasteiger partial charge in [0, 0.05) is 0 Å². The summed E-state index contributed by atoms with van der Waals surface area (Å²) in [6.45, 7) is 5.32. The van der Waals surface area contributed by atoms with Crippen LogP contribution in [0.2, 0.25) is 0 Å². The van der Waals surface area contributed by atoms with Gasteiger partial charge in [-0.25, -0.2) is 9.67 Å². The Kier molecular flexibility index (Phi) is 3.70. The topological polar surface area (TPSA) is 34.0 Å². The van der Waals surface area contributed by atoms with Crippen molar-refractivity contribution >= 4 is 0 Å². The van der Waals surface area contributed by atoms with Gasteiger partial charge in [0.05, 0.1) is 12.2 Å². The molecule has 1 saturated heterocycles. The van der Waals surface area contributed by atoms with Crippen LogP contribution in [0.4, 0.5) is 0 Å². The number of rotatable bonds is 3. The molecule has 22 heavy (non-hydrogen) atoms. The van der Waals surface area contributed by atoms with E-state index in [1.807, 2.05) is 4.68 Å². The van der Waals surface area contributed by atoms with E-state index in [2.05, 4.69) is 35.0 Å². The average Bonchev–Trinajstić information content (AvgIpc) is 3.17. The summed E-state index contributed by atoms with van der Waals surface area (Å²) in [5.74, 6) is 1.95. The Hall–Kier alpha value is -1.68. The van der Waals surface area contributed by atoms with Crippen molar-refractivity contribution in [1.29, 1.82) is 0 Å². The summed E-state index contributed by atoms with van der Waals surface area (Å²) in [7, 11) is 0. The van der Waals surface area contributed by atoms with Crippen LogP contribution >= 0.6 is 0 Å². The zero-order valence-electron chi connectivity index (χ0n) is 13.4. The maximum absolute atomic E-state index is 4.76. The van der Waals surface area contributed by atoms with E-state index in [9.17, 15) is 0 Å². The predicted octanol–water partition coefficient (Wildman–Crippen LogP) is 3.05. The van der Waals surface area contributed by atoms with Crippen molar-refractivity contribution in [2.45, 2.75) is 52.0 Å². The molecule has 2 heterocycles. The third-order valence-electron chi connectivity index (χ3n) is 4.95. The van der Waals surface area contributed by atoms with Gasteiger partial charge in [0.25, 0.3) is 0 Å². The van der Waals surface area contributed by atoms with E-state index in [1.165, 1.54) is 68.4 Å². The lowest BCUT2D eigenvalue weighted by Gasteiger charge is -2.16. The fourth-order valence-corrected chi connectivity index (χ4v) is 3.75. The molecule has 4 heteroatoms. The van der Waals surface area contributed by atoms with E-state index in [1.54, 1.807) is 0 Å². The van der Waals surface area contributed by atoms with E-state index in [0.717, 1.165) is 18.2 Å². The van der Waals surface area contributed by atoms with Crippen LogP contribution in [0.5, 0.6) is 0 Å². The third kappa shape index (κ3) is 2.68. The van der Waals surface area contributed by atoms with Gasteiger partial charge in [-0.05, 0) is 81.8 Å². The van der Waals surface area contributed by atoms with Crippen LogP contribution < -0.4 is 0 Å². The summed E-state index contributed by atoms with van der Waals surface area (Å²) in [6.07, 6.45) is 7.69. The molecular formula is C18H24N4. The first-order valence-corrected chi connectivity index (χ1v) is 8.57. The Labute approximate surface area is 132 Å². The van der Waals surface area contributed by atoms with Crippen LogP contribution in [-0.2, 0) is 19.4 Å². The molecule has 2 aliphatic rings. The number of likely N-dealkylation sites (tertiary alicyclic amines) is 1. The molecule has 1 aliphatic heterocycles. The SMILES string of the molecule is Cc1nc(CN2CCCC2)nn1-c1ccc2c(c1)CCCC2. The van der Waals surface area contributed by atoms with Gasteiger partial charge in [-0.15, -0.1) is 5.10 Å². The quantitative estimate of drug-likeness (QED) is 0.873. The van der Waals surface area contributed by atoms with Crippen molar-refractivity contribution in [2.75, 3.05) is 13.1 Å². The van der Waals surface area contributed by atoms with Gasteiger partial charge in [-0.1, -0.05) is 6.07 Å². The number of benzene rings is 1. The lowest BCUT2D eigenvalue weighted by atomic mass is 9.91.